The van der Waals surface area contributed by atoms with Gasteiger partial charge in [0.15, 0.2) is 0 Å². The van der Waals surface area contributed by atoms with Gasteiger partial charge in [-0.15, -0.1) is 0 Å². The Bertz CT molecular complexity index is 583. The quantitative estimate of drug-likeness (QED) is 0.892. The molecule has 1 atom stereocenters. The molecule has 3 rings (SSSR count). The molecule has 102 valence electrons. The van der Waals surface area contributed by atoms with Crippen molar-refractivity contribution in [1.29, 1.82) is 0 Å². The van der Waals surface area contributed by atoms with Gasteiger partial charge in [0, 0.05) is 6.54 Å². The van der Waals surface area contributed by atoms with Crippen LogP contribution in [-0.2, 0) is 6.54 Å². The van der Waals surface area contributed by atoms with Crippen LogP contribution >= 0.6 is 0 Å². The number of aryl methyl sites for hydroxylation is 1. The summed E-state index contributed by atoms with van der Waals surface area (Å²) in [4.78, 5) is 4.90. The van der Waals surface area contributed by atoms with Crippen molar-refractivity contribution < 1.29 is 0 Å². The van der Waals surface area contributed by atoms with Crippen molar-refractivity contribution >= 4 is 11.0 Å². The molecule has 1 aliphatic heterocycles. The summed E-state index contributed by atoms with van der Waals surface area (Å²) < 4.78 is 2.36. The predicted octanol–water partition coefficient (Wildman–Crippen LogP) is 3.51. The SMILES string of the molecule is CCn1c(C2NCCCC2(C)C)nc2ccccc21. The normalized spacial score (nSPS) is 22.8. The van der Waals surface area contributed by atoms with E-state index in [1.165, 1.54) is 24.2 Å². The number of para-hydroxylation sites is 2. The van der Waals surface area contributed by atoms with E-state index in [-0.39, 0.29) is 5.41 Å². The summed E-state index contributed by atoms with van der Waals surface area (Å²) in [5.41, 5.74) is 2.64. The topological polar surface area (TPSA) is 29.9 Å². The van der Waals surface area contributed by atoms with Crippen LogP contribution in [0.25, 0.3) is 11.0 Å². The predicted molar refractivity (Wildman–Crippen MR) is 79.2 cm³/mol. The summed E-state index contributed by atoms with van der Waals surface area (Å²) in [6.45, 7) is 8.98. The highest BCUT2D eigenvalue weighted by Crippen LogP contribution is 2.40. The van der Waals surface area contributed by atoms with E-state index in [0.29, 0.717) is 6.04 Å². The Labute approximate surface area is 115 Å². The van der Waals surface area contributed by atoms with Crippen LogP contribution in [0.2, 0.25) is 0 Å². The Morgan fingerprint density at radius 3 is 2.89 bits per heavy atom. The second-order valence-corrected chi connectivity index (χ2v) is 6.18. The fourth-order valence-electron chi connectivity index (χ4n) is 3.30. The first-order chi connectivity index (χ1) is 9.13. The Morgan fingerprint density at radius 2 is 2.16 bits per heavy atom. The fraction of sp³-hybridized carbons (Fsp3) is 0.562. The van der Waals surface area contributed by atoms with Crippen molar-refractivity contribution in [3.63, 3.8) is 0 Å². The van der Waals surface area contributed by atoms with E-state index < -0.39 is 0 Å². The molecule has 0 amide bonds. The van der Waals surface area contributed by atoms with Crippen molar-refractivity contribution in [3.8, 4) is 0 Å². The lowest BCUT2D eigenvalue weighted by atomic mass is 9.77. The lowest BCUT2D eigenvalue weighted by molar-refractivity contribution is 0.171. The Balaban J connectivity index is 2.13. The van der Waals surface area contributed by atoms with Gasteiger partial charge in [0.2, 0.25) is 0 Å². The lowest BCUT2D eigenvalue weighted by Crippen LogP contribution is -2.41. The number of nitrogens with one attached hydrogen (secondary N) is 1. The highest BCUT2D eigenvalue weighted by atomic mass is 15.1. The van der Waals surface area contributed by atoms with Gasteiger partial charge in [-0.2, -0.15) is 0 Å². The van der Waals surface area contributed by atoms with Crippen LogP contribution < -0.4 is 5.32 Å². The molecule has 1 fully saturated rings. The zero-order valence-corrected chi connectivity index (χ0v) is 12.1. The number of hydrogen-bond donors (Lipinski definition) is 1. The summed E-state index contributed by atoms with van der Waals surface area (Å²) in [6.07, 6.45) is 2.52. The number of nitrogens with zero attached hydrogens (tertiary/aromatic N) is 2. The highest BCUT2D eigenvalue weighted by Gasteiger charge is 2.36. The molecule has 0 spiro atoms. The van der Waals surface area contributed by atoms with Gasteiger partial charge >= 0.3 is 0 Å². The zero-order chi connectivity index (χ0) is 13.5. The molecule has 1 aromatic heterocycles. The number of hydrogen-bond acceptors (Lipinski definition) is 2. The van der Waals surface area contributed by atoms with E-state index in [4.69, 9.17) is 4.98 Å². The minimum Gasteiger partial charge on any atom is -0.327 e. The fourth-order valence-corrected chi connectivity index (χ4v) is 3.30. The monoisotopic (exact) mass is 257 g/mol. The molecular weight excluding hydrogens is 234 g/mol. The van der Waals surface area contributed by atoms with Gasteiger partial charge in [0.05, 0.1) is 17.1 Å². The minimum absolute atomic E-state index is 0.270. The molecule has 2 aromatic rings. The van der Waals surface area contributed by atoms with Gasteiger partial charge in [-0.3, -0.25) is 0 Å². The average Bonchev–Trinajstić information content (AvgIpc) is 2.76. The van der Waals surface area contributed by atoms with E-state index in [9.17, 15) is 0 Å². The third-order valence-electron chi connectivity index (χ3n) is 4.39. The van der Waals surface area contributed by atoms with Gasteiger partial charge in [0.25, 0.3) is 0 Å². The minimum atomic E-state index is 0.270. The molecule has 0 saturated carbocycles. The average molecular weight is 257 g/mol. The molecule has 1 aromatic carbocycles. The lowest BCUT2D eigenvalue weighted by Gasteiger charge is -2.39. The van der Waals surface area contributed by atoms with Crippen LogP contribution in [0.3, 0.4) is 0 Å². The molecule has 1 unspecified atom stereocenters. The molecule has 0 aliphatic carbocycles. The van der Waals surface area contributed by atoms with Gasteiger partial charge in [0.1, 0.15) is 5.82 Å². The Morgan fingerprint density at radius 1 is 1.37 bits per heavy atom. The molecule has 1 N–H and O–H groups in total. The van der Waals surface area contributed by atoms with Gasteiger partial charge < -0.3 is 9.88 Å². The van der Waals surface area contributed by atoms with Crippen molar-refractivity contribution in [3.05, 3.63) is 30.1 Å². The summed E-state index contributed by atoms with van der Waals surface area (Å²) in [7, 11) is 0. The summed E-state index contributed by atoms with van der Waals surface area (Å²) >= 11 is 0. The molecular formula is C16H23N3. The van der Waals surface area contributed by atoms with E-state index in [0.717, 1.165) is 18.6 Å². The van der Waals surface area contributed by atoms with Crippen LogP contribution in [0.4, 0.5) is 0 Å². The number of benzene rings is 1. The van der Waals surface area contributed by atoms with Gasteiger partial charge in [-0.25, -0.2) is 4.98 Å². The number of fused-ring (bicyclic) bond motifs is 1. The molecule has 3 nitrogen and oxygen atoms in total. The summed E-state index contributed by atoms with van der Waals surface area (Å²) in [6, 6.07) is 8.80. The summed E-state index contributed by atoms with van der Waals surface area (Å²) in [5.74, 6) is 1.20. The van der Waals surface area contributed by atoms with Crippen molar-refractivity contribution in [2.45, 2.75) is 46.2 Å². The van der Waals surface area contributed by atoms with Crippen molar-refractivity contribution in [2.24, 2.45) is 5.41 Å². The number of imidazole rings is 1. The second kappa shape index (κ2) is 4.64. The first-order valence-corrected chi connectivity index (χ1v) is 7.32. The van der Waals surface area contributed by atoms with Crippen LogP contribution in [-0.4, -0.2) is 16.1 Å². The number of piperidine rings is 1. The molecule has 1 saturated heterocycles. The van der Waals surface area contributed by atoms with Gasteiger partial charge in [-0.05, 0) is 43.9 Å². The van der Waals surface area contributed by atoms with Crippen LogP contribution in [0.15, 0.2) is 24.3 Å². The summed E-state index contributed by atoms with van der Waals surface area (Å²) in [5, 5.41) is 3.68. The van der Waals surface area contributed by atoms with Crippen molar-refractivity contribution in [1.82, 2.24) is 14.9 Å². The maximum absolute atomic E-state index is 4.90. The van der Waals surface area contributed by atoms with Crippen LogP contribution in [0.5, 0.6) is 0 Å². The second-order valence-electron chi connectivity index (χ2n) is 6.18. The Hall–Kier alpha value is -1.35. The maximum atomic E-state index is 4.90. The molecule has 2 heterocycles. The third kappa shape index (κ3) is 2.06. The standard InChI is InChI=1S/C16H23N3/c1-4-19-13-9-6-5-8-12(13)18-15(19)14-16(2,3)10-7-11-17-14/h5-6,8-9,14,17H,4,7,10-11H2,1-3H3. The van der Waals surface area contributed by atoms with Crippen LogP contribution in [0, 0.1) is 5.41 Å². The largest absolute Gasteiger partial charge is 0.327 e. The maximum Gasteiger partial charge on any atom is 0.127 e. The van der Waals surface area contributed by atoms with E-state index in [1.807, 2.05) is 0 Å². The third-order valence-corrected chi connectivity index (χ3v) is 4.39. The van der Waals surface area contributed by atoms with Gasteiger partial charge in [-0.1, -0.05) is 26.0 Å². The molecule has 0 radical (unpaired) electrons. The van der Waals surface area contributed by atoms with Crippen molar-refractivity contribution in [2.75, 3.05) is 6.54 Å². The van der Waals surface area contributed by atoms with Crippen LogP contribution in [0.1, 0.15) is 45.5 Å². The van der Waals surface area contributed by atoms with E-state index >= 15 is 0 Å². The smallest absolute Gasteiger partial charge is 0.127 e. The highest BCUT2D eigenvalue weighted by molar-refractivity contribution is 5.76. The van der Waals surface area contributed by atoms with E-state index in [1.54, 1.807) is 0 Å². The molecule has 19 heavy (non-hydrogen) atoms. The number of rotatable bonds is 2. The first kappa shape index (κ1) is 12.7. The first-order valence-electron chi connectivity index (χ1n) is 7.32. The Kier molecular flexibility index (Phi) is 3.09. The molecule has 0 bridgehead atoms. The molecule has 1 aliphatic rings. The number of aromatic nitrogens is 2. The zero-order valence-electron chi connectivity index (χ0n) is 12.1. The molecule has 3 heteroatoms. The van der Waals surface area contributed by atoms with E-state index in [2.05, 4.69) is 54.9 Å².